The number of rotatable bonds is 2. The number of hydrogen-bond donors (Lipinski definition) is 0. The second-order valence-corrected chi connectivity index (χ2v) is 5.94. The van der Waals surface area contributed by atoms with Gasteiger partial charge in [-0.05, 0) is 38.5 Å². The van der Waals surface area contributed by atoms with E-state index in [4.69, 9.17) is 9.47 Å². The first kappa shape index (κ1) is 15.9. The van der Waals surface area contributed by atoms with Gasteiger partial charge in [0, 0.05) is 32.3 Å². The molecule has 3 nitrogen and oxygen atoms in total. The molecule has 2 heterocycles. The van der Waals surface area contributed by atoms with Crippen LogP contribution in [0.3, 0.4) is 0 Å². The second-order valence-electron chi connectivity index (χ2n) is 5.94. The van der Waals surface area contributed by atoms with E-state index in [1.54, 1.807) is 0 Å². The topological polar surface area (TPSA) is 21.7 Å². The van der Waals surface area contributed by atoms with Crippen LogP contribution in [-0.2, 0) is 9.47 Å². The van der Waals surface area contributed by atoms with Gasteiger partial charge in [-0.25, -0.2) is 0 Å². The molecular formula is C15H31NO2. The predicted molar refractivity (Wildman–Crippen MR) is 75.9 cm³/mol. The first-order valence-electron chi connectivity index (χ1n) is 7.50. The molecule has 2 aliphatic heterocycles. The zero-order valence-corrected chi connectivity index (χ0v) is 12.7. The lowest BCUT2D eigenvalue weighted by Crippen LogP contribution is -2.40. The quantitative estimate of drug-likeness (QED) is 0.759. The minimum absolute atomic E-state index is 0.689. The van der Waals surface area contributed by atoms with Crippen molar-refractivity contribution in [3.05, 3.63) is 0 Å². The molecule has 0 aromatic heterocycles. The zero-order chi connectivity index (χ0) is 13.4. The Morgan fingerprint density at radius 3 is 1.67 bits per heavy atom. The second kappa shape index (κ2) is 8.89. The fourth-order valence-corrected chi connectivity index (χ4v) is 2.48. The summed E-state index contributed by atoms with van der Waals surface area (Å²) < 4.78 is 10.5. The van der Waals surface area contributed by atoms with Gasteiger partial charge >= 0.3 is 0 Å². The average Bonchev–Trinajstić information content (AvgIpc) is 2.41. The SMILES string of the molecule is CC(C)C1CCOCC1.CC(C)N1CCOCC1. The predicted octanol–water partition coefficient (Wildman–Crippen LogP) is 2.80. The van der Waals surface area contributed by atoms with E-state index in [2.05, 4.69) is 32.6 Å². The minimum atomic E-state index is 0.689. The van der Waals surface area contributed by atoms with Crippen LogP contribution < -0.4 is 0 Å². The summed E-state index contributed by atoms with van der Waals surface area (Å²) in [6, 6.07) is 0.689. The molecule has 2 saturated heterocycles. The Morgan fingerprint density at radius 2 is 1.33 bits per heavy atom. The maximum atomic E-state index is 5.25. The van der Waals surface area contributed by atoms with Crippen LogP contribution in [0.5, 0.6) is 0 Å². The highest BCUT2D eigenvalue weighted by atomic mass is 16.5. The molecule has 3 heteroatoms. The van der Waals surface area contributed by atoms with Crippen LogP contribution in [0.2, 0.25) is 0 Å². The summed E-state index contributed by atoms with van der Waals surface area (Å²) in [4.78, 5) is 2.43. The molecule has 0 amide bonds. The molecule has 0 saturated carbocycles. The standard InChI is InChI=1S/C8H16O.C7H15NO/c2*1-7(2)8-3-5-9-6-4-8/h7-8H,3-6H2,1-2H3;7H,3-6H2,1-2H3. The molecule has 0 aliphatic carbocycles. The van der Waals surface area contributed by atoms with E-state index in [-0.39, 0.29) is 0 Å². The molecule has 108 valence electrons. The van der Waals surface area contributed by atoms with Crippen LogP contribution in [0, 0.1) is 11.8 Å². The smallest absolute Gasteiger partial charge is 0.0594 e. The van der Waals surface area contributed by atoms with E-state index in [9.17, 15) is 0 Å². The average molecular weight is 257 g/mol. The summed E-state index contributed by atoms with van der Waals surface area (Å²) in [5.41, 5.74) is 0. The van der Waals surface area contributed by atoms with E-state index < -0.39 is 0 Å². The highest BCUT2D eigenvalue weighted by Crippen LogP contribution is 2.22. The monoisotopic (exact) mass is 257 g/mol. The largest absolute Gasteiger partial charge is 0.381 e. The molecule has 0 spiro atoms. The molecule has 2 aliphatic rings. The summed E-state index contributed by atoms with van der Waals surface area (Å²) in [6.45, 7) is 15.1. The summed E-state index contributed by atoms with van der Waals surface area (Å²) in [5.74, 6) is 1.78. The number of nitrogens with zero attached hydrogens (tertiary/aromatic N) is 1. The molecule has 18 heavy (non-hydrogen) atoms. The first-order valence-corrected chi connectivity index (χ1v) is 7.50. The van der Waals surface area contributed by atoms with Crippen LogP contribution in [0.15, 0.2) is 0 Å². The molecule has 0 aromatic carbocycles. The van der Waals surface area contributed by atoms with Crippen molar-refractivity contribution in [2.24, 2.45) is 11.8 Å². The Kier molecular flexibility index (Phi) is 7.87. The molecule has 0 atom stereocenters. The number of ether oxygens (including phenoxy) is 2. The fourth-order valence-electron chi connectivity index (χ4n) is 2.48. The molecule has 0 bridgehead atoms. The van der Waals surface area contributed by atoms with Gasteiger partial charge in [-0.1, -0.05) is 13.8 Å². The fraction of sp³-hybridized carbons (Fsp3) is 1.00. The summed E-state index contributed by atoms with van der Waals surface area (Å²) >= 11 is 0. The molecule has 0 unspecified atom stereocenters. The molecule has 0 N–H and O–H groups in total. The van der Waals surface area contributed by atoms with E-state index in [1.165, 1.54) is 12.8 Å². The Bertz CT molecular complexity index is 173. The van der Waals surface area contributed by atoms with Crippen LogP contribution in [0.4, 0.5) is 0 Å². The lowest BCUT2D eigenvalue weighted by atomic mass is 9.89. The Morgan fingerprint density at radius 1 is 0.833 bits per heavy atom. The van der Waals surface area contributed by atoms with Gasteiger partial charge in [0.1, 0.15) is 0 Å². The van der Waals surface area contributed by atoms with Gasteiger partial charge in [-0.3, -0.25) is 4.90 Å². The Labute approximate surface area is 113 Å². The van der Waals surface area contributed by atoms with Crippen molar-refractivity contribution in [3.8, 4) is 0 Å². The van der Waals surface area contributed by atoms with Crippen molar-refractivity contribution in [3.63, 3.8) is 0 Å². The molecular weight excluding hydrogens is 226 g/mol. The normalized spacial score (nSPS) is 23.0. The lowest BCUT2D eigenvalue weighted by Gasteiger charge is -2.29. The number of morpholine rings is 1. The molecule has 0 aromatic rings. The van der Waals surface area contributed by atoms with E-state index in [0.717, 1.165) is 51.4 Å². The van der Waals surface area contributed by atoms with Crippen LogP contribution in [0.25, 0.3) is 0 Å². The van der Waals surface area contributed by atoms with Crippen molar-refractivity contribution in [1.82, 2.24) is 4.90 Å². The van der Waals surface area contributed by atoms with Crippen molar-refractivity contribution in [2.45, 2.75) is 46.6 Å². The van der Waals surface area contributed by atoms with Gasteiger partial charge in [0.2, 0.25) is 0 Å². The maximum absolute atomic E-state index is 5.25. The van der Waals surface area contributed by atoms with E-state index in [1.807, 2.05) is 0 Å². The molecule has 0 radical (unpaired) electrons. The Hall–Kier alpha value is -0.120. The number of hydrogen-bond acceptors (Lipinski definition) is 3. The Balaban J connectivity index is 0.000000180. The van der Waals surface area contributed by atoms with Gasteiger partial charge < -0.3 is 9.47 Å². The van der Waals surface area contributed by atoms with Gasteiger partial charge in [-0.2, -0.15) is 0 Å². The van der Waals surface area contributed by atoms with Crippen LogP contribution >= 0.6 is 0 Å². The third-order valence-electron chi connectivity index (χ3n) is 3.98. The molecule has 2 fully saturated rings. The van der Waals surface area contributed by atoms with Gasteiger partial charge in [-0.15, -0.1) is 0 Å². The van der Waals surface area contributed by atoms with E-state index in [0.29, 0.717) is 6.04 Å². The first-order chi connectivity index (χ1) is 8.61. The molecule has 2 rings (SSSR count). The zero-order valence-electron chi connectivity index (χ0n) is 12.7. The van der Waals surface area contributed by atoms with Crippen LogP contribution in [0.1, 0.15) is 40.5 Å². The van der Waals surface area contributed by atoms with Crippen molar-refractivity contribution >= 4 is 0 Å². The van der Waals surface area contributed by atoms with Crippen molar-refractivity contribution < 1.29 is 9.47 Å². The van der Waals surface area contributed by atoms with Crippen LogP contribution in [-0.4, -0.2) is 50.5 Å². The lowest BCUT2D eigenvalue weighted by molar-refractivity contribution is 0.0238. The summed E-state index contributed by atoms with van der Waals surface area (Å²) in [5, 5.41) is 0. The van der Waals surface area contributed by atoms with Gasteiger partial charge in [0.15, 0.2) is 0 Å². The highest BCUT2D eigenvalue weighted by molar-refractivity contribution is 4.66. The van der Waals surface area contributed by atoms with Gasteiger partial charge in [0.25, 0.3) is 0 Å². The highest BCUT2D eigenvalue weighted by Gasteiger charge is 2.16. The van der Waals surface area contributed by atoms with Crippen molar-refractivity contribution in [1.29, 1.82) is 0 Å². The third-order valence-corrected chi connectivity index (χ3v) is 3.98. The summed E-state index contributed by atoms with van der Waals surface area (Å²) in [6.07, 6.45) is 2.55. The van der Waals surface area contributed by atoms with Gasteiger partial charge in [0.05, 0.1) is 13.2 Å². The summed E-state index contributed by atoms with van der Waals surface area (Å²) in [7, 11) is 0. The third kappa shape index (κ3) is 6.17. The maximum Gasteiger partial charge on any atom is 0.0594 e. The minimum Gasteiger partial charge on any atom is -0.381 e. The van der Waals surface area contributed by atoms with Crippen molar-refractivity contribution in [2.75, 3.05) is 39.5 Å². The van der Waals surface area contributed by atoms with E-state index >= 15 is 0 Å².